The second-order valence-corrected chi connectivity index (χ2v) is 4.00. The number of fused-ring (bicyclic) bond motifs is 1. The Hall–Kier alpha value is -2.01. The maximum atomic E-state index is 5.87. The number of nitrogens with zero attached hydrogens (tertiary/aromatic N) is 5. The zero-order chi connectivity index (χ0) is 11.8. The molecule has 0 saturated carbocycles. The highest BCUT2D eigenvalue weighted by atomic mass is 35.5. The Balaban J connectivity index is 2.27. The molecular formula is C11H8ClN5. The molecular weight excluding hydrogens is 238 g/mol. The fourth-order valence-corrected chi connectivity index (χ4v) is 1.76. The Morgan fingerprint density at radius 2 is 2.06 bits per heavy atom. The number of rotatable bonds is 1. The van der Waals surface area contributed by atoms with Gasteiger partial charge in [-0.05, 0) is 25.1 Å². The van der Waals surface area contributed by atoms with Gasteiger partial charge in [0.05, 0.1) is 11.9 Å². The summed E-state index contributed by atoms with van der Waals surface area (Å²) in [6.07, 6.45) is 3.25. The number of aromatic nitrogens is 5. The average Bonchev–Trinajstić information content (AvgIpc) is 2.71. The van der Waals surface area contributed by atoms with Crippen LogP contribution in [0.4, 0.5) is 0 Å². The maximum Gasteiger partial charge on any atom is 0.154 e. The molecule has 0 atom stereocenters. The lowest BCUT2D eigenvalue weighted by molar-refractivity contribution is 0.935. The Morgan fingerprint density at radius 1 is 1.18 bits per heavy atom. The van der Waals surface area contributed by atoms with E-state index < -0.39 is 0 Å². The predicted molar refractivity (Wildman–Crippen MR) is 63.8 cm³/mol. The molecule has 5 nitrogen and oxygen atoms in total. The minimum atomic E-state index is 0.419. The summed E-state index contributed by atoms with van der Waals surface area (Å²) in [7, 11) is 0. The molecule has 0 aliphatic rings. The molecule has 0 spiro atoms. The van der Waals surface area contributed by atoms with Gasteiger partial charge in [0.15, 0.2) is 5.65 Å². The minimum Gasteiger partial charge on any atom is -0.242 e. The van der Waals surface area contributed by atoms with E-state index in [1.807, 2.05) is 19.1 Å². The van der Waals surface area contributed by atoms with Crippen molar-refractivity contribution in [2.24, 2.45) is 0 Å². The lowest BCUT2D eigenvalue weighted by Gasteiger charge is -2.00. The molecule has 0 N–H and O–H groups in total. The summed E-state index contributed by atoms with van der Waals surface area (Å²) in [4.78, 5) is 12.5. The Kier molecular flexibility index (Phi) is 2.26. The summed E-state index contributed by atoms with van der Waals surface area (Å²) in [6, 6.07) is 5.40. The van der Waals surface area contributed by atoms with Crippen LogP contribution < -0.4 is 0 Å². The number of hydrogen-bond donors (Lipinski definition) is 0. The monoisotopic (exact) mass is 245 g/mol. The van der Waals surface area contributed by atoms with Gasteiger partial charge in [0.25, 0.3) is 0 Å². The predicted octanol–water partition coefficient (Wildman–Crippen LogP) is 2.15. The molecule has 0 aliphatic carbocycles. The van der Waals surface area contributed by atoms with Gasteiger partial charge in [0.1, 0.15) is 17.2 Å². The molecule has 0 saturated heterocycles. The van der Waals surface area contributed by atoms with E-state index >= 15 is 0 Å². The highest BCUT2D eigenvalue weighted by Gasteiger charge is 2.08. The van der Waals surface area contributed by atoms with Crippen molar-refractivity contribution >= 4 is 17.2 Å². The SMILES string of the molecule is Cc1cc(-c2cnc3ccc(Cl)nn23)ncn1. The summed E-state index contributed by atoms with van der Waals surface area (Å²) >= 11 is 5.87. The molecule has 0 bridgehead atoms. The molecule has 3 aromatic heterocycles. The number of aryl methyl sites for hydroxylation is 1. The summed E-state index contributed by atoms with van der Waals surface area (Å²) in [5.41, 5.74) is 3.21. The molecule has 17 heavy (non-hydrogen) atoms. The van der Waals surface area contributed by atoms with Crippen molar-refractivity contribution in [1.82, 2.24) is 24.6 Å². The van der Waals surface area contributed by atoms with E-state index in [-0.39, 0.29) is 0 Å². The number of halogens is 1. The second kappa shape index (κ2) is 3.78. The maximum absolute atomic E-state index is 5.87. The fourth-order valence-electron chi connectivity index (χ4n) is 1.62. The van der Waals surface area contributed by atoms with E-state index in [0.29, 0.717) is 5.15 Å². The van der Waals surface area contributed by atoms with E-state index in [1.165, 1.54) is 6.33 Å². The van der Waals surface area contributed by atoms with Crippen LogP contribution in [0.15, 0.2) is 30.7 Å². The Morgan fingerprint density at radius 3 is 2.88 bits per heavy atom. The van der Waals surface area contributed by atoms with Crippen LogP contribution in [0.5, 0.6) is 0 Å². The van der Waals surface area contributed by atoms with Crippen LogP contribution in [0.1, 0.15) is 5.69 Å². The third-order valence-electron chi connectivity index (χ3n) is 2.40. The molecule has 0 fully saturated rings. The Labute approximate surface area is 102 Å². The first-order valence-electron chi connectivity index (χ1n) is 5.03. The normalized spacial score (nSPS) is 10.9. The first kappa shape index (κ1) is 10.2. The zero-order valence-electron chi connectivity index (χ0n) is 9.00. The summed E-state index contributed by atoms with van der Waals surface area (Å²) in [6.45, 7) is 1.91. The van der Waals surface area contributed by atoms with Crippen LogP contribution >= 0.6 is 11.6 Å². The second-order valence-electron chi connectivity index (χ2n) is 3.61. The van der Waals surface area contributed by atoms with Crippen LogP contribution in [0.25, 0.3) is 17.0 Å². The molecule has 3 aromatic rings. The van der Waals surface area contributed by atoms with Gasteiger partial charge in [-0.2, -0.15) is 5.10 Å². The first-order chi connectivity index (χ1) is 8.24. The molecule has 6 heteroatoms. The van der Waals surface area contributed by atoms with E-state index in [1.54, 1.807) is 16.8 Å². The van der Waals surface area contributed by atoms with Crippen LogP contribution in [-0.4, -0.2) is 24.6 Å². The molecule has 0 aliphatic heterocycles. The first-order valence-corrected chi connectivity index (χ1v) is 5.41. The summed E-state index contributed by atoms with van der Waals surface area (Å²) < 4.78 is 1.67. The third-order valence-corrected chi connectivity index (χ3v) is 2.60. The quantitative estimate of drug-likeness (QED) is 0.659. The van der Waals surface area contributed by atoms with Gasteiger partial charge >= 0.3 is 0 Å². The smallest absolute Gasteiger partial charge is 0.154 e. The van der Waals surface area contributed by atoms with Gasteiger partial charge in [0, 0.05) is 5.69 Å². The van der Waals surface area contributed by atoms with Crippen molar-refractivity contribution in [3.8, 4) is 11.4 Å². The van der Waals surface area contributed by atoms with Gasteiger partial charge in [-0.25, -0.2) is 19.5 Å². The molecule has 0 aromatic carbocycles. The van der Waals surface area contributed by atoms with Crippen LogP contribution in [0.3, 0.4) is 0 Å². The fraction of sp³-hybridized carbons (Fsp3) is 0.0909. The minimum absolute atomic E-state index is 0.419. The van der Waals surface area contributed by atoms with E-state index in [9.17, 15) is 0 Å². The Bertz CT molecular complexity index is 691. The van der Waals surface area contributed by atoms with Gasteiger partial charge in [-0.1, -0.05) is 11.6 Å². The van der Waals surface area contributed by atoms with E-state index in [4.69, 9.17) is 11.6 Å². The molecule has 3 rings (SSSR count). The highest BCUT2D eigenvalue weighted by Crippen LogP contribution is 2.18. The topological polar surface area (TPSA) is 56.0 Å². The highest BCUT2D eigenvalue weighted by molar-refractivity contribution is 6.29. The molecule has 0 radical (unpaired) electrons. The molecule has 84 valence electrons. The number of imidazole rings is 1. The third kappa shape index (κ3) is 1.74. The van der Waals surface area contributed by atoms with Crippen molar-refractivity contribution in [2.45, 2.75) is 6.92 Å². The van der Waals surface area contributed by atoms with E-state index in [2.05, 4.69) is 20.1 Å². The van der Waals surface area contributed by atoms with Gasteiger partial charge in [-0.3, -0.25) is 0 Å². The standard InChI is InChI=1S/C11H8ClN5/c1-7-4-8(15-6-14-7)9-5-13-11-3-2-10(12)16-17(9)11/h2-6H,1H3. The van der Waals surface area contributed by atoms with Crippen LogP contribution in [-0.2, 0) is 0 Å². The van der Waals surface area contributed by atoms with Crippen LogP contribution in [0.2, 0.25) is 5.15 Å². The largest absolute Gasteiger partial charge is 0.242 e. The van der Waals surface area contributed by atoms with Crippen molar-refractivity contribution in [3.63, 3.8) is 0 Å². The van der Waals surface area contributed by atoms with Crippen molar-refractivity contribution in [2.75, 3.05) is 0 Å². The molecule has 3 heterocycles. The van der Waals surface area contributed by atoms with Gasteiger partial charge in [-0.15, -0.1) is 0 Å². The summed E-state index contributed by atoms with van der Waals surface area (Å²) in [5, 5.41) is 4.62. The average molecular weight is 246 g/mol. The lowest BCUT2D eigenvalue weighted by atomic mass is 10.3. The zero-order valence-corrected chi connectivity index (χ0v) is 9.76. The van der Waals surface area contributed by atoms with Gasteiger partial charge in [0.2, 0.25) is 0 Å². The van der Waals surface area contributed by atoms with Crippen molar-refractivity contribution in [3.05, 3.63) is 41.6 Å². The number of hydrogen-bond acceptors (Lipinski definition) is 4. The summed E-state index contributed by atoms with van der Waals surface area (Å²) in [5.74, 6) is 0. The van der Waals surface area contributed by atoms with Crippen LogP contribution in [0, 0.1) is 6.92 Å². The lowest BCUT2D eigenvalue weighted by Crippen LogP contribution is -1.96. The van der Waals surface area contributed by atoms with E-state index in [0.717, 1.165) is 22.7 Å². The van der Waals surface area contributed by atoms with Crippen molar-refractivity contribution < 1.29 is 0 Å². The molecule has 0 unspecified atom stereocenters. The van der Waals surface area contributed by atoms with Crippen molar-refractivity contribution in [1.29, 1.82) is 0 Å². The van der Waals surface area contributed by atoms with Gasteiger partial charge < -0.3 is 0 Å². The molecule has 0 amide bonds.